The number of thioether (sulfide) groups is 1. The number of thiocarbonyl (C=S) groups is 1. The van der Waals surface area contributed by atoms with E-state index in [1.165, 1.54) is 17.8 Å². The van der Waals surface area contributed by atoms with Crippen molar-refractivity contribution in [1.29, 1.82) is 0 Å². The maximum absolute atomic E-state index is 11.6. The van der Waals surface area contributed by atoms with E-state index < -0.39 is 0 Å². The van der Waals surface area contributed by atoms with Gasteiger partial charge in [0.2, 0.25) is 0 Å². The molecule has 1 amide bonds. The highest BCUT2D eigenvalue weighted by Gasteiger charge is 2.22. The average Bonchev–Trinajstić information content (AvgIpc) is 3.06. The summed E-state index contributed by atoms with van der Waals surface area (Å²) in [6.07, 6.45) is 1.58. The van der Waals surface area contributed by atoms with Crippen molar-refractivity contribution in [2.75, 3.05) is 5.23 Å². The van der Waals surface area contributed by atoms with Crippen LogP contribution in [0, 0.1) is 0 Å². The van der Waals surface area contributed by atoms with Gasteiger partial charge in [-0.25, -0.2) is 0 Å². The molecule has 0 saturated carbocycles. The summed E-state index contributed by atoms with van der Waals surface area (Å²) < 4.78 is 6.05. The van der Waals surface area contributed by atoms with E-state index in [1.807, 2.05) is 0 Å². The lowest BCUT2D eigenvalue weighted by molar-refractivity contribution is -0.115. The molecule has 0 spiro atoms. The Bertz CT molecular complexity index is 783. The van der Waals surface area contributed by atoms with Gasteiger partial charge in [0, 0.05) is 11.6 Å². The maximum Gasteiger partial charge on any atom is 0.263 e. The first-order chi connectivity index (χ1) is 10.5. The molecular weight excluding hydrogens is 324 g/mol. The second kappa shape index (κ2) is 5.93. The predicted molar refractivity (Wildman–Crippen MR) is 86.5 cm³/mol. The number of hydrogen-bond donors (Lipinski definition) is 3. The van der Waals surface area contributed by atoms with Crippen LogP contribution in [-0.4, -0.2) is 20.6 Å². The van der Waals surface area contributed by atoms with Gasteiger partial charge in [-0.05, 0) is 24.3 Å². The first-order valence-corrected chi connectivity index (χ1v) is 7.39. The van der Waals surface area contributed by atoms with Crippen LogP contribution in [0.25, 0.3) is 17.4 Å². The van der Waals surface area contributed by atoms with Gasteiger partial charge >= 0.3 is 0 Å². The molecule has 1 aromatic carbocycles. The monoisotopic (exact) mass is 334 g/mol. The van der Waals surface area contributed by atoms with Gasteiger partial charge in [0.1, 0.15) is 21.5 Å². The van der Waals surface area contributed by atoms with Crippen molar-refractivity contribution in [3.8, 4) is 11.3 Å². The van der Waals surface area contributed by atoms with E-state index in [1.54, 1.807) is 36.4 Å². The molecular formula is C14H10N2O4S2. The summed E-state index contributed by atoms with van der Waals surface area (Å²) in [5, 5.41) is 21.0. The summed E-state index contributed by atoms with van der Waals surface area (Å²) in [7, 11) is 0. The summed E-state index contributed by atoms with van der Waals surface area (Å²) in [5.74, 6) is 0.654. The lowest BCUT2D eigenvalue weighted by Crippen LogP contribution is -2.17. The Morgan fingerprint density at radius 1 is 1.23 bits per heavy atom. The highest BCUT2D eigenvalue weighted by molar-refractivity contribution is 8.26. The van der Waals surface area contributed by atoms with Gasteiger partial charge in [-0.15, -0.1) is 5.23 Å². The zero-order valence-electron chi connectivity index (χ0n) is 11.0. The van der Waals surface area contributed by atoms with Gasteiger partial charge in [-0.1, -0.05) is 36.1 Å². The topological polar surface area (TPSA) is 85.9 Å². The molecule has 2 aromatic rings. The van der Waals surface area contributed by atoms with Crippen LogP contribution in [0.2, 0.25) is 0 Å². The smallest absolute Gasteiger partial charge is 0.263 e. The van der Waals surface area contributed by atoms with Crippen LogP contribution in [0.15, 0.2) is 45.7 Å². The molecule has 112 valence electrons. The summed E-state index contributed by atoms with van der Waals surface area (Å²) in [5.41, 5.74) is 0.696. The number of amides is 1. The van der Waals surface area contributed by atoms with Crippen molar-refractivity contribution in [2.45, 2.75) is 0 Å². The average molecular weight is 334 g/mol. The summed E-state index contributed by atoms with van der Waals surface area (Å²) in [4.78, 5) is 12.1. The normalized spacial score (nSPS) is 16.2. The maximum atomic E-state index is 11.6. The molecule has 3 rings (SSSR count). The predicted octanol–water partition coefficient (Wildman–Crippen LogP) is 3.02. The van der Waals surface area contributed by atoms with E-state index in [0.717, 1.165) is 0 Å². The summed E-state index contributed by atoms with van der Waals surface area (Å²) in [6.45, 7) is 0. The Labute approximate surface area is 134 Å². The Kier molecular flexibility index (Phi) is 3.99. The van der Waals surface area contributed by atoms with Gasteiger partial charge in [0.15, 0.2) is 0 Å². The summed E-state index contributed by atoms with van der Waals surface area (Å²) in [6, 6.07) is 10.0. The number of anilines is 1. The van der Waals surface area contributed by atoms with Gasteiger partial charge < -0.3 is 9.73 Å². The molecule has 1 aromatic heterocycles. The Balaban J connectivity index is 1.94. The minimum absolute atomic E-state index is 0.0364. The number of rotatable bonds is 3. The Morgan fingerprint density at radius 3 is 2.68 bits per heavy atom. The molecule has 1 saturated heterocycles. The number of nitrogens with zero attached hydrogens (tertiary/aromatic N) is 1. The van der Waals surface area contributed by atoms with Crippen LogP contribution in [-0.2, 0) is 4.79 Å². The number of hydrogen-bond acceptors (Lipinski definition) is 7. The largest absolute Gasteiger partial charge is 0.457 e. The van der Waals surface area contributed by atoms with Gasteiger partial charge in [0.25, 0.3) is 5.91 Å². The van der Waals surface area contributed by atoms with E-state index in [0.29, 0.717) is 26.3 Å². The number of nitrogens with one attached hydrogen (secondary N) is 1. The van der Waals surface area contributed by atoms with E-state index in [9.17, 15) is 15.2 Å². The molecule has 1 aliphatic rings. The van der Waals surface area contributed by atoms with Crippen LogP contribution in [0.3, 0.4) is 0 Å². The molecule has 2 heterocycles. The van der Waals surface area contributed by atoms with Crippen LogP contribution in [0.4, 0.5) is 5.69 Å². The molecule has 8 heteroatoms. The molecule has 3 N–H and O–H groups in total. The molecule has 0 atom stereocenters. The fourth-order valence-electron chi connectivity index (χ4n) is 1.98. The third kappa shape index (κ3) is 2.90. The lowest BCUT2D eigenvalue weighted by atomic mass is 10.1. The number of carbonyl (C=O) groups is 1. The second-order valence-electron chi connectivity index (χ2n) is 4.36. The molecule has 0 unspecified atom stereocenters. The van der Waals surface area contributed by atoms with E-state index in [-0.39, 0.29) is 16.8 Å². The van der Waals surface area contributed by atoms with Crippen LogP contribution >= 0.6 is 24.0 Å². The van der Waals surface area contributed by atoms with Gasteiger partial charge in [-0.2, -0.15) is 0 Å². The molecule has 22 heavy (non-hydrogen) atoms. The molecule has 6 nitrogen and oxygen atoms in total. The molecule has 0 radical (unpaired) electrons. The summed E-state index contributed by atoms with van der Waals surface area (Å²) >= 11 is 6.08. The third-order valence-electron chi connectivity index (χ3n) is 2.93. The SMILES string of the molecule is O=C1NC(=S)SC1=Cc1ccc(-c2ccccc2N(O)O)o1. The number of carbonyl (C=O) groups excluding carboxylic acids is 1. The number of furan rings is 1. The minimum atomic E-state index is -0.259. The highest BCUT2D eigenvalue weighted by Crippen LogP contribution is 2.32. The quantitative estimate of drug-likeness (QED) is 0.452. The van der Waals surface area contributed by atoms with E-state index in [4.69, 9.17) is 16.6 Å². The Morgan fingerprint density at radius 2 is 2.00 bits per heavy atom. The van der Waals surface area contributed by atoms with Crippen molar-refractivity contribution in [3.05, 3.63) is 47.1 Å². The van der Waals surface area contributed by atoms with E-state index >= 15 is 0 Å². The molecule has 0 aliphatic carbocycles. The molecule has 1 fully saturated rings. The van der Waals surface area contributed by atoms with Crippen LogP contribution < -0.4 is 10.5 Å². The van der Waals surface area contributed by atoms with Crippen molar-refractivity contribution in [2.24, 2.45) is 0 Å². The fourth-order valence-corrected chi connectivity index (χ4v) is 3.01. The minimum Gasteiger partial charge on any atom is -0.457 e. The van der Waals surface area contributed by atoms with Crippen molar-refractivity contribution in [3.63, 3.8) is 0 Å². The van der Waals surface area contributed by atoms with Crippen molar-refractivity contribution in [1.82, 2.24) is 5.32 Å². The highest BCUT2D eigenvalue weighted by atomic mass is 32.2. The number of para-hydroxylation sites is 1. The molecule has 0 bridgehead atoms. The Hall–Kier alpha value is -2.13. The molecule has 1 aliphatic heterocycles. The first kappa shape index (κ1) is 14.8. The van der Waals surface area contributed by atoms with Crippen LogP contribution in [0.5, 0.6) is 0 Å². The zero-order valence-corrected chi connectivity index (χ0v) is 12.6. The van der Waals surface area contributed by atoms with E-state index in [2.05, 4.69) is 5.32 Å². The van der Waals surface area contributed by atoms with Gasteiger partial charge in [-0.3, -0.25) is 15.2 Å². The number of benzene rings is 1. The first-order valence-electron chi connectivity index (χ1n) is 6.16. The van der Waals surface area contributed by atoms with Gasteiger partial charge in [0.05, 0.1) is 4.91 Å². The van der Waals surface area contributed by atoms with Crippen LogP contribution in [0.1, 0.15) is 5.76 Å². The zero-order chi connectivity index (χ0) is 15.7. The lowest BCUT2D eigenvalue weighted by Gasteiger charge is -2.11. The third-order valence-corrected chi connectivity index (χ3v) is 4.09. The second-order valence-corrected chi connectivity index (χ2v) is 6.08. The fraction of sp³-hybridized carbons (Fsp3) is 0. The van der Waals surface area contributed by atoms with Crippen molar-refractivity contribution < 1.29 is 19.6 Å². The standard InChI is InChI=1S/C14H10N2O4S2/c17-13-12(22-14(21)15-13)7-8-5-6-11(20-8)9-3-1-2-4-10(9)16(18)19/h1-7,18-19H,(H,15,17,21). The van der Waals surface area contributed by atoms with Crippen molar-refractivity contribution >= 4 is 46.0 Å².